The number of ether oxygens (including phenoxy) is 1. The van der Waals surface area contributed by atoms with Gasteiger partial charge in [-0.2, -0.15) is 31.3 Å². The molecule has 14 heteroatoms. The van der Waals surface area contributed by atoms with Crippen LogP contribution in [0.3, 0.4) is 0 Å². The van der Waals surface area contributed by atoms with Gasteiger partial charge in [-0.25, -0.2) is 9.97 Å². The number of aromatic nitrogens is 3. The Labute approximate surface area is 170 Å². The molecule has 164 valence electrons. The van der Waals surface area contributed by atoms with E-state index in [0.29, 0.717) is 6.33 Å². The van der Waals surface area contributed by atoms with Crippen LogP contribution in [0.2, 0.25) is 0 Å². The summed E-state index contributed by atoms with van der Waals surface area (Å²) in [6.45, 7) is -0.644. The average Bonchev–Trinajstić information content (AvgIpc) is 2.64. The van der Waals surface area contributed by atoms with Crippen molar-refractivity contribution in [1.82, 2.24) is 15.0 Å². The second-order valence-electron chi connectivity index (χ2n) is 5.62. The molecule has 2 amide bonds. The van der Waals surface area contributed by atoms with Crippen molar-refractivity contribution >= 4 is 23.3 Å². The summed E-state index contributed by atoms with van der Waals surface area (Å²) in [6.07, 6.45) is -8.19. The minimum absolute atomic E-state index is 0.127. The molecule has 2 aromatic heterocycles. The van der Waals surface area contributed by atoms with Crippen LogP contribution in [0.1, 0.15) is 18.2 Å². The number of nitrogens with one attached hydrogen (secondary N) is 2. The lowest BCUT2D eigenvalue weighted by molar-refractivity contribution is -0.167. The van der Waals surface area contributed by atoms with E-state index in [2.05, 4.69) is 36.8 Å². The Bertz CT molecular complexity index is 1040. The zero-order chi connectivity index (χ0) is 23.2. The van der Waals surface area contributed by atoms with Crippen LogP contribution in [-0.2, 0) is 9.59 Å². The quantitative estimate of drug-likeness (QED) is 0.552. The molecular formula is C17H11F6N5O3. The zero-order valence-corrected chi connectivity index (χ0v) is 15.4. The first-order valence-corrected chi connectivity index (χ1v) is 8.03. The van der Waals surface area contributed by atoms with E-state index < -0.39 is 48.0 Å². The van der Waals surface area contributed by atoms with E-state index in [-0.39, 0.29) is 11.4 Å². The van der Waals surface area contributed by atoms with Crippen LogP contribution >= 0.6 is 0 Å². The minimum atomic E-state index is -5.35. The van der Waals surface area contributed by atoms with Crippen LogP contribution in [0.5, 0.6) is 5.88 Å². The number of amides is 2. The second-order valence-corrected chi connectivity index (χ2v) is 5.62. The molecule has 2 aromatic rings. The van der Waals surface area contributed by atoms with Gasteiger partial charge in [0.15, 0.2) is 6.61 Å². The molecule has 0 saturated heterocycles. The first kappa shape index (κ1) is 23.4. The van der Waals surface area contributed by atoms with Crippen LogP contribution in [0.15, 0.2) is 24.7 Å². The molecule has 0 aliphatic heterocycles. The van der Waals surface area contributed by atoms with E-state index >= 15 is 0 Å². The molecule has 0 aliphatic carbocycles. The van der Waals surface area contributed by atoms with E-state index in [9.17, 15) is 35.9 Å². The number of carbonyl (C=O) groups excluding carboxylic acids is 2. The number of rotatable bonds is 4. The Morgan fingerprint density at radius 1 is 1.06 bits per heavy atom. The maximum Gasteiger partial charge on any atom is 0.471 e. The van der Waals surface area contributed by atoms with Gasteiger partial charge in [-0.05, 0) is 18.1 Å². The molecule has 0 atom stereocenters. The molecule has 0 radical (unpaired) electrons. The largest absolute Gasteiger partial charge is 0.471 e. The summed E-state index contributed by atoms with van der Waals surface area (Å²) < 4.78 is 79.5. The Kier molecular flexibility index (Phi) is 7.00. The van der Waals surface area contributed by atoms with Crippen molar-refractivity contribution in [2.75, 3.05) is 17.2 Å². The van der Waals surface area contributed by atoms with E-state index in [1.54, 1.807) is 0 Å². The van der Waals surface area contributed by atoms with Gasteiger partial charge in [0.25, 0.3) is 0 Å². The van der Waals surface area contributed by atoms with Crippen molar-refractivity contribution in [1.29, 1.82) is 0 Å². The average molecular weight is 447 g/mol. The summed E-state index contributed by atoms with van der Waals surface area (Å²) in [5, 5.41) is 3.76. The molecule has 2 heterocycles. The van der Waals surface area contributed by atoms with Crippen molar-refractivity contribution < 1.29 is 40.7 Å². The Morgan fingerprint density at radius 3 is 2.39 bits per heavy atom. The molecule has 0 bridgehead atoms. The first-order chi connectivity index (χ1) is 14.3. The Morgan fingerprint density at radius 2 is 1.77 bits per heavy atom. The fourth-order valence-corrected chi connectivity index (χ4v) is 1.91. The van der Waals surface area contributed by atoms with E-state index in [1.807, 2.05) is 0 Å². The third-order valence-corrected chi connectivity index (χ3v) is 3.07. The molecule has 0 saturated carbocycles. The number of hydrogen-bond donors (Lipinski definition) is 2. The highest BCUT2D eigenvalue weighted by Gasteiger charge is 2.40. The van der Waals surface area contributed by atoms with Crippen molar-refractivity contribution in [2.24, 2.45) is 0 Å². The molecule has 0 spiro atoms. The number of hydrogen-bond acceptors (Lipinski definition) is 6. The number of halogens is 6. The monoisotopic (exact) mass is 447 g/mol. The van der Waals surface area contributed by atoms with Gasteiger partial charge < -0.3 is 15.4 Å². The van der Waals surface area contributed by atoms with Gasteiger partial charge in [-0.1, -0.05) is 5.92 Å². The van der Waals surface area contributed by atoms with Crippen LogP contribution < -0.4 is 15.4 Å². The molecule has 8 nitrogen and oxygen atoms in total. The van der Waals surface area contributed by atoms with Crippen molar-refractivity contribution in [3.05, 3.63) is 35.9 Å². The molecule has 0 unspecified atom stereocenters. The third-order valence-electron chi connectivity index (χ3n) is 3.07. The molecule has 0 aliphatic rings. The predicted octanol–water partition coefficient (Wildman–Crippen LogP) is 2.67. The van der Waals surface area contributed by atoms with E-state index in [1.165, 1.54) is 30.6 Å². The number of alkyl halides is 6. The highest BCUT2D eigenvalue weighted by Crippen LogP contribution is 2.28. The lowest BCUT2D eigenvalue weighted by Gasteiger charge is -2.14. The van der Waals surface area contributed by atoms with Crippen molar-refractivity contribution in [3.63, 3.8) is 0 Å². The highest BCUT2D eigenvalue weighted by atomic mass is 19.4. The summed E-state index contributed by atoms with van der Waals surface area (Å²) in [6, 6.07) is 2.71. The van der Waals surface area contributed by atoms with Gasteiger partial charge in [-0.15, -0.1) is 0 Å². The second kappa shape index (κ2) is 9.28. The van der Waals surface area contributed by atoms with Gasteiger partial charge in [0.1, 0.15) is 23.5 Å². The normalized spacial score (nSPS) is 11.2. The maximum absolute atomic E-state index is 12.6. The lowest BCUT2D eigenvalue weighted by Crippen LogP contribution is -2.31. The minimum Gasteiger partial charge on any atom is -0.466 e. The van der Waals surface area contributed by atoms with E-state index in [0.717, 1.165) is 0 Å². The Balaban J connectivity index is 2.44. The summed E-state index contributed by atoms with van der Waals surface area (Å²) in [5.74, 6) is 1.07. The smallest absolute Gasteiger partial charge is 0.466 e. The molecule has 0 aromatic carbocycles. The fraction of sp³-hybridized carbons (Fsp3) is 0.235. The summed E-state index contributed by atoms with van der Waals surface area (Å²) in [5.41, 5.74) is -1.21. The van der Waals surface area contributed by atoms with Gasteiger partial charge >= 0.3 is 18.3 Å². The zero-order valence-electron chi connectivity index (χ0n) is 15.4. The summed E-state index contributed by atoms with van der Waals surface area (Å²) in [7, 11) is 0. The SMILES string of the molecule is CC(=O)Nc1cc(C#Cc2ncnc(OCC(F)(F)F)c2NC(=O)C(F)(F)F)ccn1. The molecule has 2 rings (SSSR count). The number of pyridine rings is 1. The summed E-state index contributed by atoms with van der Waals surface area (Å²) in [4.78, 5) is 33.1. The highest BCUT2D eigenvalue weighted by molar-refractivity contribution is 5.97. The van der Waals surface area contributed by atoms with Crippen LogP contribution in [0, 0.1) is 11.8 Å². The first-order valence-electron chi connectivity index (χ1n) is 8.03. The van der Waals surface area contributed by atoms with Crippen LogP contribution in [0.25, 0.3) is 0 Å². The van der Waals surface area contributed by atoms with Crippen LogP contribution in [0.4, 0.5) is 37.8 Å². The molecule has 2 N–H and O–H groups in total. The van der Waals surface area contributed by atoms with Gasteiger partial charge in [0, 0.05) is 18.7 Å². The van der Waals surface area contributed by atoms with Crippen molar-refractivity contribution in [3.8, 4) is 17.7 Å². The maximum atomic E-state index is 12.6. The number of anilines is 2. The standard InChI is InChI=1S/C17H11F6N5O3/c1-9(29)27-12-6-10(4-5-24-12)2-3-11-13(28-15(30)17(21,22)23)14(26-8-25-11)31-7-16(18,19)20/h4-6,8H,7H2,1H3,(H,28,30)(H,24,27,29). The molecule has 0 fully saturated rings. The van der Waals surface area contributed by atoms with Crippen molar-refractivity contribution in [2.45, 2.75) is 19.3 Å². The van der Waals surface area contributed by atoms with Gasteiger partial charge in [0.05, 0.1) is 0 Å². The topological polar surface area (TPSA) is 106 Å². The lowest BCUT2D eigenvalue weighted by atomic mass is 10.2. The van der Waals surface area contributed by atoms with Gasteiger partial charge in [-0.3, -0.25) is 9.59 Å². The number of nitrogens with zero attached hydrogens (tertiary/aromatic N) is 3. The van der Waals surface area contributed by atoms with Crippen LogP contribution in [-0.4, -0.2) is 45.7 Å². The molecule has 31 heavy (non-hydrogen) atoms. The van der Waals surface area contributed by atoms with Gasteiger partial charge in [0.2, 0.25) is 11.8 Å². The summed E-state index contributed by atoms with van der Waals surface area (Å²) >= 11 is 0. The predicted molar refractivity (Wildman–Crippen MR) is 92.8 cm³/mol. The third kappa shape index (κ3) is 7.46. The van der Waals surface area contributed by atoms with E-state index in [4.69, 9.17) is 0 Å². The fourth-order valence-electron chi connectivity index (χ4n) is 1.91. The molecular weight excluding hydrogens is 436 g/mol. The number of carbonyl (C=O) groups is 2. The Hall–Kier alpha value is -3.89.